The van der Waals surface area contributed by atoms with Crippen molar-refractivity contribution in [3.63, 3.8) is 0 Å². The second-order valence-electron chi connectivity index (χ2n) is 8.09. The first-order chi connectivity index (χ1) is 16.2. The van der Waals surface area contributed by atoms with Gasteiger partial charge in [-0.05, 0) is 28.3 Å². The quantitative estimate of drug-likeness (QED) is 0.361. The SMILES string of the molecule is CN=C(NCc1ccccc1COCc1ccccc1)NCC1CC(=O)Nc2ccccc21. The van der Waals surface area contributed by atoms with Crippen LogP contribution in [0.5, 0.6) is 0 Å². The van der Waals surface area contributed by atoms with E-state index < -0.39 is 0 Å². The van der Waals surface area contributed by atoms with Crippen LogP contribution in [0, 0.1) is 0 Å². The number of anilines is 1. The highest BCUT2D eigenvalue weighted by Crippen LogP contribution is 2.31. The lowest BCUT2D eigenvalue weighted by Gasteiger charge is -2.26. The van der Waals surface area contributed by atoms with Gasteiger partial charge in [0.15, 0.2) is 5.96 Å². The number of carbonyl (C=O) groups is 1. The molecule has 6 heteroatoms. The van der Waals surface area contributed by atoms with Crippen LogP contribution in [-0.2, 0) is 29.3 Å². The summed E-state index contributed by atoms with van der Waals surface area (Å²) >= 11 is 0. The molecule has 3 N–H and O–H groups in total. The lowest BCUT2D eigenvalue weighted by molar-refractivity contribution is -0.116. The van der Waals surface area contributed by atoms with Crippen molar-refractivity contribution in [3.05, 3.63) is 101 Å². The van der Waals surface area contributed by atoms with E-state index in [1.807, 2.05) is 48.5 Å². The molecule has 1 unspecified atom stereocenters. The van der Waals surface area contributed by atoms with E-state index in [2.05, 4.69) is 51.3 Å². The van der Waals surface area contributed by atoms with Crippen LogP contribution in [0.25, 0.3) is 0 Å². The zero-order valence-corrected chi connectivity index (χ0v) is 18.9. The van der Waals surface area contributed by atoms with Gasteiger partial charge in [0.1, 0.15) is 0 Å². The molecule has 33 heavy (non-hydrogen) atoms. The van der Waals surface area contributed by atoms with Crippen molar-refractivity contribution in [3.8, 4) is 0 Å². The summed E-state index contributed by atoms with van der Waals surface area (Å²) in [5.74, 6) is 0.860. The molecule has 1 aliphatic heterocycles. The van der Waals surface area contributed by atoms with E-state index in [1.54, 1.807) is 7.05 Å². The minimum Gasteiger partial charge on any atom is -0.372 e. The normalized spacial score (nSPS) is 15.5. The summed E-state index contributed by atoms with van der Waals surface area (Å²) in [6, 6.07) is 26.4. The van der Waals surface area contributed by atoms with E-state index in [9.17, 15) is 4.79 Å². The summed E-state index contributed by atoms with van der Waals surface area (Å²) in [6.45, 7) is 2.40. The number of benzene rings is 3. The third-order valence-corrected chi connectivity index (χ3v) is 5.78. The highest BCUT2D eigenvalue weighted by Gasteiger charge is 2.24. The molecule has 4 rings (SSSR count). The van der Waals surface area contributed by atoms with E-state index in [1.165, 1.54) is 0 Å². The largest absolute Gasteiger partial charge is 0.372 e. The number of aliphatic imine (C=N–C) groups is 1. The smallest absolute Gasteiger partial charge is 0.225 e. The van der Waals surface area contributed by atoms with Gasteiger partial charge in [-0.1, -0.05) is 72.8 Å². The number of nitrogens with zero attached hydrogens (tertiary/aromatic N) is 1. The molecule has 170 valence electrons. The summed E-state index contributed by atoms with van der Waals surface area (Å²) in [5, 5.41) is 9.72. The number of fused-ring (bicyclic) bond motifs is 1. The Labute approximate surface area is 195 Å². The van der Waals surface area contributed by atoms with E-state index >= 15 is 0 Å². The van der Waals surface area contributed by atoms with Crippen LogP contribution in [0.15, 0.2) is 83.9 Å². The summed E-state index contributed by atoms with van der Waals surface area (Å²) in [5.41, 5.74) is 5.52. The topological polar surface area (TPSA) is 74.8 Å². The van der Waals surface area contributed by atoms with E-state index in [-0.39, 0.29) is 11.8 Å². The number of rotatable bonds is 8. The van der Waals surface area contributed by atoms with Crippen LogP contribution in [0.4, 0.5) is 5.69 Å². The molecule has 3 aromatic carbocycles. The fourth-order valence-electron chi connectivity index (χ4n) is 4.03. The second-order valence-corrected chi connectivity index (χ2v) is 8.09. The molecule has 6 nitrogen and oxygen atoms in total. The molecule has 0 fully saturated rings. The number of hydrogen-bond donors (Lipinski definition) is 3. The molecular weight excluding hydrogens is 412 g/mol. The Balaban J connectivity index is 1.31. The van der Waals surface area contributed by atoms with E-state index in [0.717, 1.165) is 27.9 Å². The van der Waals surface area contributed by atoms with Gasteiger partial charge in [-0.15, -0.1) is 0 Å². The number of amides is 1. The first-order valence-corrected chi connectivity index (χ1v) is 11.2. The fraction of sp³-hybridized carbons (Fsp3) is 0.259. The van der Waals surface area contributed by atoms with Gasteiger partial charge in [-0.2, -0.15) is 0 Å². The number of para-hydroxylation sites is 1. The molecule has 0 bridgehead atoms. The molecule has 0 spiro atoms. The number of nitrogens with one attached hydrogen (secondary N) is 3. The average Bonchev–Trinajstić information content (AvgIpc) is 2.85. The lowest BCUT2D eigenvalue weighted by atomic mass is 9.90. The van der Waals surface area contributed by atoms with Gasteiger partial charge in [0.05, 0.1) is 13.2 Å². The monoisotopic (exact) mass is 442 g/mol. The molecule has 0 saturated heterocycles. The van der Waals surface area contributed by atoms with Gasteiger partial charge in [0.25, 0.3) is 0 Å². The van der Waals surface area contributed by atoms with Crippen LogP contribution in [0.1, 0.15) is 34.6 Å². The van der Waals surface area contributed by atoms with Gasteiger partial charge >= 0.3 is 0 Å². The molecule has 0 aliphatic carbocycles. The number of guanidine groups is 1. The standard InChI is InChI=1S/C27H30N4O2/c1-28-27(30-17-23-15-26(32)31-25-14-8-7-13-24(23)25)29-16-21-11-5-6-12-22(21)19-33-18-20-9-3-2-4-10-20/h2-14,23H,15-19H2,1H3,(H,31,32)(H2,28,29,30). The maximum atomic E-state index is 12.1. The maximum absolute atomic E-state index is 12.1. The molecule has 1 amide bonds. The van der Waals surface area contributed by atoms with Crippen molar-refractivity contribution in [1.29, 1.82) is 0 Å². The lowest BCUT2D eigenvalue weighted by Crippen LogP contribution is -2.40. The molecule has 1 aliphatic rings. The minimum atomic E-state index is 0.0490. The Morgan fingerprint density at radius 3 is 2.48 bits per heavy atom. The second kappa shape index (κ2) is 11.3. The molecule has 3 aromatic rings. The van der Waals surface area contributed by atoms with Gasteiger partial charge in [-0.25, -0.2) is 0 Å². The Bertz CT molecular complexity index is 1100. The van der Waals surface area contributed by atoms with E-state index in [0.29, 0.717) is 38.7 Å². The van der Waals surface area contributed by atoms with Crippen molar-refractivity contribution in [2.45, 2.75) is 32.1 Å². The van der Waals surface area contributed by atoms with Gasteiger partial charge < -0.3 is 20.7 Å². The zero-order valence-electron chi connectivity index (χ0n) is 18.9. The fourth-order valence-corrected chi connectivity index (χ4v) is 4.03. The average molecular weight is 443 g/mol. The van der Waals surface area contributed by atoms with E-state index in [4.69, 9.17) is 4.74 Å². The van der Waals surface area contributed by atoms with Crippen LogP contribution >= 0.6 is 0 Å². The van der Waals surface area contributed by atoms with Crippen molar-refractivity contribution in [2.24, 2.45) is 4.99 Å². The van der Waals surface area contributed by atoms with Gasteiger partial charge in [0.2, 0.25) is 5.91 Å². The molecule has 0 saturated carbocycles. The number of carbonyl (C=O) groups excluding carboxylic acids is 1. The highest BCUT2D eigenvalue weighted by atomic mass is 16.5. The first-order valence-electron chi connectivity index (χ1n) is 11.2. The zero-order chi connectivity index (χ0) is 22.9. The van der Waals surface area contributed by atoms with Gasteiger partial charge in [-0.3, -0.25) is 9.79 Å². The Morgan fingerprint density at radius 2 is 1.67 bits per heavy atom. The third-order valence-electron chi connectivity index (χ3n) is 5.78. The predicted molar refractivity (Wildman–Crippen MR) is 132 cm³/mol. The van der Waals surface area contributed by atoms with Crippen molar-refractivity contribution >= 4 is 17.6 Å². The maximum Gasteiger partial charge on any atom is 0.225 e. The third kappa shape index (κ3) is 6.20. The molecule has 0 radical (unpaired) electrons. The summed E-state index contributed by atoms with van der Waals surface area (Å²) in [4.78, 5) is 16.4. The molecule has 1 atom stereocenters. The summed E-state index contributed by atoms with van der Waals surface area (Å²) < 4.78 is 5.94. The summed E-state index contributed by atoms with van der Waals surface area (Å²) in [6.07, 6.45) is 0.461. The van der Waals surface area contributed by atoms with Gasteiger partial charge in [0, 0.05) is 38.2 Å². The van der Waals surface area contributed by atoms with Crippen LogP contribution < -0.4 is 16.0 Å². The number of ether oxygens (including phenoxy) is 1. The van der Waals surface area contributed by atoms with Crippen molar-refractivity contribution in [1.82, 2.24) is 10.6 Å². The first kappa shape index (κ1) is 22.6. The molecule has 1 heterocycles. The molecule has 0 aromatic heterocycles. The van der Waals surface area contributed by atoms with Crippen molar-refractivity contribution < 1.29 is 9.53 Å². The van der Waals surface area contributed by atoms with Crippen LogP contribution in [-0.4, -0.2) is 25.5 Å². The van der Waals surface area contributed by atoms with Crippen LogP contribution in [0.2, 0.25) is 0 Å². The molecular formula is C27H30N4O2. The minimum absolute atomic E-state index is 0.0490. The highest BCUT2D eigenvalue weighted by molar-refractivity contribution is 5.94. The Kier molecular flexibility index (Phi) is 7.72. The Morgan fingerprint density at radius 1 is 0.939 bits per heavy atom. The van der Waals surface area contributed by atoms with Crippen LogP contribution in [0.3, 0.4) is 0 Å². The predicted octanol–water partition coefficient (Wildman–Crippen LogP) is 4.19. The number of hydrogen-bond acceptors (Lipinski definition) is 3. The summed E-state index contributed by atoms with van der Waals surface area (Å²) in [7, 11) is 1.76. The van der Waals surface area contributed by atoms with Crippen molar-refractivity contribution in [2.75, 3.05) is 18.9 Å². The Hall–Kier alpha value is -3.64.